The van der Waals surface area contributed by atoms with Gasteiger partial charge in [-0.3, -0.25) is 4.79 Å². The van der Waals surface area contributed by atoms with Crippen LogP contribution in [0.25, 0.3) is 10.1 Å². The number of fused-ring (bicyclic) bond motifs is 1. The molecule has 0 bridgehead atoms. The molecule has 3 rings (SSSR count). The van der Waals surface area contributed by atoms with Gasteiger partial charge in [0.15, 0.2) is 0 Å². The standard InChI is InChI=1S/C16H18O3S/c17-16(18)11(9-13-4-3-7-19-13)8-12-10-20-15-6-2-1-5-14(12)15/h1-2,5-6,10-11,13H,3-4,7-9H2,(H,17,18). The van der Waals surface area contributed by atoms with Crippen molar-refractivity contribution < 1.29 is 14.6 Å². The van der Waals surface area contributed by atoms with E-state index in [1.807, 2.05) is 12.1 Å². The third kappa shape index (κ3) is 2.86. The molecule has 3 nitrogen and oxygen atoms in total. The van der Waals surface area contributed by atoms with Crippen LogP contribution in [0.2, 0.25) is 0 Å². The Morgan fingerprint density at radius 3 is 3.05 bits per heavy atom. The zero-order valence-corrected chi connectivity index (χ0v) is 12.1. The number of carbonyl (C=O) groups is 1. The third-order valence-corrected chi connectivity index (χ3v) is 4.96. The minimum absolute atomic E-state index is 0.126. The molecule has 0 saturated carbocycles. The molecule has 0 spiro atoms. The first kappa shape index (κ1) is 13.6. The summed E-state index contributed by atoms with van der Waals surface area (Å²) in [6.07, 6.45) is 3.40. The summed E-state index contributed by atoms with van der Waals surface area (Å²) in [4.78, 5) is 11.5. The lowest BCUT2D eigenvalue weighted by molar-refractivity contribution is -0.142. The summed E-state index contributed by atoms with van der Waals surface area (Å²) >= 11 is 1.69. The van der Waals surface area contributed by atoms with Crippen molar-refractivity contribution in [2.75, 3.05) is 6.61 Å². The number of carboxylic acid groups (broad SMARTS) is 1. The molecule has 2 aromatic rings. The SMILES string of the molecule is O=C(O)C(Cc1csc2ccccc12)CC1CCCO1. The van der Waals surface area contributed by atoms with Gasteiger partial charge in [0.25, 0.3) is 0 Å². The van der Waals surface area contributed by atoms with Crippen LogP contribution < -0.4 is 0 Å². The number of ether oxygens (including phenoxy) is 1. The zero-order valence-electron chi connectivity index (χ0n) is 11.2. The number of hydrogen-bond acceptors (Lipinski definition) is 3. The van der Waals surface area contributed by atoms with E-state index in [-0.39, 0.29) is 12.0 Å². The monoisotopic (exact) mass is 290 g/mol. The quantitative estimate of drug-likeness (QED) is 0.913. The fourth-order valence-corrected chi connectivity index (χ4v) is 3.85. The van der Waals surface area contributed by atoms with Crippen molar-refractivity contribution in [1.82, 2.24) is 0 Å². The second-order valence-electron chi connectivity index (χ2n) is 5.37. The van der Waals surface area contributed by atoms with Crippen molar-refractivity contribution in [1.29, 1.82) is 0 Å². The summed E-state index contributed by atoms with van der Waals surface area (Å²) in [5, 5.41) is 12.7. The smallest absolute Gasteiger partial charge is 0.306 e. The molecule has 1 N–H and O–H groups in total. The van der Waals surface area contributed by atoms with Crippen LogP contribution in [0.5, 0.6) is 0 Å². The Morgan fingerprint density at radius 2 is 2.30 bits per heavy atom. The summed E-state index contributed by atoms with van der Waals surface area (Å²) in [5.41, 5.74) is 1.15. The van der Waals surface area contributed by atoms with E-state index in [0.29, 0.717) is 12.8 Å². The first-order chi connectivity index (χ1) is 9.74. The summed E-state index contributed by atoms with van der Waals surface area (Å²) in [5.74, 6) is -1.06. The van der Waals surface area contributed by atoms with Gasteiger partial charge in [0.05, 0.1) is 12.0 Å². The molecular formula is C16H18O3S. The van der Waals surface area contributed by atoms with Crippen LogP contribution in [-0.2, 0) is 16.0 Å². The topological polar surface area (TPSA) is 46.5 Å². The van der Waals surface area contributed by atoms with Crippen molar-refractivity contribution in [3.8, 4) is 0 Å². The Kier molecular flexibility index (Phi) is 4.03. The van der Waals surface area contributed by atoms with Gasteiger partial charge in [-0.25, -0.2) is 0 Å². The normalized spacial score (nSPS) is 20.3. The van der Waals surface area contributed by atoms with Gasteiger partial charge in [0, 0.05) is 11.3 Å². The first-order valence-electron chi connectivity index (χ1n) is 7.03. The van der Waals surface area contributed by atoms with Crippen molar-refractivity contribution >= 4 is 27.4 Å². The summed E-state index contributed by atoms with van der Waals surface area (Å²) in [6, 6.07) is 8.18. The Hall–Kier alpha value is -1.39. The van der Waals surface area contributed by atoms with E-state index in [1.54, 1.807) is 11.3 Å². The lowest BCUT2D eigenvalue weighted by atomic mass is 9.93. The highest BCUT2D eigenvalue weighted by molar-refractivity contribution is 7.17. The predicted molar refractivity (Wildman–Crippen MR) is 80.2 cm³/mol. The Morgan fingerprint density at radius 1 is 1.45 bits per heavy atom. The first-order valence-corrected chi connectivity index (χ1v) is 7.91. The number of benzene rings is 1. The number of hydrogen-bond donors (Lipinski definition) is 1. The van der Waals surface area contributed by atoms with Gasteiger partial charge in [-0.05, 0) is 48.1 Å². The molecule has 4 heteroatoms. The third-order valence-electron chi connectivity index (χ3n) is 3.95. The van der Waals surface area contributed by atoms with Gasteiger partial charge in [-0.2, -0.15) is 0 Å². The van der Waals surface area contributed by atoms with Crippen molar-refractivity contribution in [2.24, 2.45) is 5.92 Å². The zero-order chi connectivity index (χ0) is 13.9. The van der Waals surface area contributed by atoms with Crippen LogP contribution in [0.1, 0.15) is 24.8 Å². The molecule has 2 atom stereocenters. The van der Waals surface area contributed by atoms with Gasteiger partial charge in [-0.15, -0.1) is 11.3 Å². The molecule has 2 unspecified atom stereocenters. The van der Waals surface area contributed by atoms with Crippen LogP contribution in [0.15, 0.2) is 29.6 Å². The second-order valence-corrected chi connectivity index (χ2v) is 6.28. The highest BCUT2D eigenvalue weighted by Gasteiger charge is 2.26. The van der Waals surface area contributed by atoms with E-state index in [9.17, 15) is 9.90 Å². The molecule has 1 aliphatic heterocycles. The molecule has 1 aromatic carbocycles. The molecule has 1 aromatic heterocycles. The molecule has 1 aliphatic rings. The molecule has 1 saturated heterocycles. The van der Waals surface area contributed by atoms with Gasteiger partial charge in [0.2, 0.25) is 0 Å². The highest BCUT2D eigenvalue weighted by Crippen LogP contribution is 2.30. The van der Waals surface area contributed by atoms with Crippen LogP contribution >= 0.6 is 11.3 Å². The molecule has 106 valence electrons. The maximum absolute atomic E-state index is 11.5. The van der Waals surface area contributed by atoms with Crippen molar-refractivity contribution in [3.05, 3.63) is 35.2 Å². The van der Waals surface area contributed by atoms with Gasteiger partial charge < -0.3 is 9.84 Å². The highest BCUT2D eigenvalue weighted by atomic mass is 32.1. The number of thiophene rings is 1. The number of carboxylic acids is 1. The Labute approximate surface area is 122 Å². The summed E-state index contributed by atoms with van der Waals surface area (Å²) < 4.78 is 6.81. The summed E-state index contributed by atoms with van der Waals surface area (Å²) in [6.45, 7) is 0.776. The van der Waals surface area contributed by atoms with Gasteiger partial charge >= 0.3 is 5.97 Å². The molecule has 1 fully saturated rings. The number of aliphatic carboxylic acids is 1. The minimum atomic E-state index is -0.712. The lowest BCUT2D eigenvalue weighted by Gasteiger charge is -2.16. The van der Waals surface area contributed by atoms with Crippen LogP contribution in [0.3, 0.4) is 0 Å². The lowest BCUT2D eigenvalue weighted by Crippen LogP contribution is -2.22. The fourth-order valence-electron chi connectivity index (χ4n) is 2.88. The molecule has 0 aliphatic carbocycles. The summed E-state index contributed by atoms with van der Waals surface area (Å²) in [7, 11) is 0. The van der Waals surface area contributed by atoms with E-state index < -0.39 is 5.97 Å². The average molecular weight is 290 g/mol. The fraction of sp³-hybridized carbons (Fsp3) is 0.438. The average Bonchev–Trinajstić information content (AvgIpc) is 3.08. The van der Waals surface area contributed by atoms with Crippen LogP contribution in [-0.4, -0.2) is 23.8 Å². The molecule has 0 amide bonds. The second kappa shape index (κ2) is 5.94. The predicted octanol–water partition coefficient (Wildman–Crippen LogP) is 3.71. The van der Waals surface area contributed by atoms with E-state index in [2.05, 4.69) is 17.5 Å². The van der Waals surface area contributed by atoms with E-state index in [4.69, 9.17) is 4.74 Å². The van der Waals surface area contributed by atoms with Crippen molar-refractivity contribution in [3.63, 3.8) is 0 Å². The molecule has 2 heterocycles. The van der Waals surface area contributed by atoms with Crippen LogP contribution in [0, 0.1) is 5.92 Å². The van der Waals surface area contributed by atoms with Gasteiger partial charge in [0.1, 0.15) is 0 Å². The minimum Gasteiger partial charge on any atom is -0.481 e. The van der Waals surface area contributed by atoms with E-state index in [1.165, 1.54) is 10.1 Å². The maximum Gasteiger partial charge on any atom is 0.306 e. The Balaban J connectivity index is 1.77. The van der Waals surface area contributed by atoms with E-state index in [0.717, 1.165) is 25.0 Å². The van der Waals surface area contributed by atoms with Crippen molar-refractivity contribution in [2.45, 2.75) is 31.8 Å². The molecule has 0 radical (unpaired) electrons. The Bertz CT molecular complexity index is 599. The number of rotatable bonds is 5. The van der Waals surface area contributed by atoms with Crippen LogP contribution in [0.4, 0.5) is 0 Å². The molecule has 20 heavy (non-hydrogen) atoms. The largest absolute Gasteiger partial charge is 0.481 e. The van der Waals surface area contributed by atoms with E-state index >= 15 is 0 Å². The van der Waals surface area contributed by atoms with Gasteiger partial charge in [-0.1, -0.05) is 18.2 Å². The maximum atomic E-state index is 11.5. The molecular weight excluding hydrogens is 272 g/mol.